The van der Waals surface area contributed by atoms with E-state index in [0.717, 1.165) is 5.56 Å². The van der Waals surface area contributed by atoms with Crippen molar-refractivity contribution >= 4 is 28.9 Å². The minimum Gasteiger partial charge on any atom is -0.382 e. The van der Waals surface area contributed by atoms with Crippen LogP contribution in [0.3, 0.4) is 0 Å². The highest BCUT2D eigenvalue weighted by atomic mass is 35.5. The lowest BCUT2D eigenvalue weighted by Crippen LogP contribution is -2.04. The van der Waals surface area contributed by atoms with Crippen LogP contribution >= 0.6 is 23.4 Å². The molecule has 1 N–H and O–H groups in total. The van der Waals surface area contributed by atoms with Crippen LogP contribution in [0.1, 0.15) is 5.89 Å². The molecular weight excluding hydrogens is 296 g/mol. The largest absolute Gasteiger partial charge is 0.382 e. The van der Waals surface area contributed by atoms with Gasteiger partial charge in [0.15, 0.2) is 0 Å². The Morgan fingerprint density at radius 1 is 1.40 bits per heavy atom. The molecule has 5 nitrogen and oxygen atoms in total. The molecule has 1 aromatic carbocycles. The molecule has 0 saturated heterocycles. The maximum Gasteiger partial charge on any atom is 0.271 e. The number of hydrogen-bond acceptors (Lipinski definition) is 6. The number of thioether (sulfide) groups is 1. The van der Waals surface area contributed by atoms with Crippen LogP contribution in [0, 0.1) is 11.3 Å². The van der Waals surface area contributed by atoms with Gasteiger partial charge in [-0.2, -0.15) is 10.2 Å². The second-order valence-electron chi connectivity index (χ2n) is 3.70. The van der Waals surface area contributed by atoms with Crippen molar-refractivity contribution in [2.75, 3.05) is 13.3 Å². The highest BCUT2D eigenvalue weighted by Crippen LogP contribution is 2.24. The molecule has 1 aromatic heterocycles. The summed E-state index contributed by atoms with van der Waals surface area (Å²) in [6.07, 6.45) is 1.86. The first-order valence-corrected chi connectivity index (χ1v) is 7.26. The number of nitrogens with one attached hydrogen (secondary N) is 1. The normalized spacial score (nSPS) is 11.7. The second-order valence-corrected chi connectivity index (χ2v) is 4.95. The predicted octanol–water partition coefficient (Wildman–Crippen LogP) is 3.16. The summed E-state index contributed by atoms with van der Waals surface area (Å²) in [5.41, 5.74) is 1.10. The number of allylic oxidation sites excluding steroid dienone is 1. The Hall–Kier alpha value is -1.97. The average Bonchev–Trinajstić information content (AvgIpc) is 2.94. The van der Waals surface area contributed by atoms with Gasteiger partial charge in [0, 0.05) is 17.6 Å². The molecule has 0 aliphatic carbocycles. The number of aromatic nitrogens is 2. The van der Waals surface area contributed by atoms with Gasteiger partial charge >= 0.3 is 0 Å². The van der Waals surface area contributed by atoms with E-state index in [1.807, 2.05) is 6.26 Å². The lowest BCUT2D eigenvalue weighted by Gasteiger charge is -2.02. The average molecular weight is 307 g/mol. The number of hydrogen-bond donors (Lipinski definition) is 1. The van der Waals surface area contributed by atoms with Crippen molar-refractivity contribution < 1.29 is 4.52 Å². The maximum absolute atomic E-state index is 9.22. The Kier molecular flexibility index (Phi) is 4.66. The Morgan fingerprint density at radius 3 is 2.65 bits per heavy atom. The van der Waals surface area contributed by atoms with Crippen LogP contribution in [0.4, 0.5) is 0 Å². The molecule has 2 rings (SSSR count). The zero-order valence-corrected chi connectivity index (χ0v) is 12.4. The van der Waals surface area contributed by atoms with Crippen molar-refractivity contribution in [2.45, 2.75) is 0 Å². The first kappa shape index (κ1) is 14.4. The SMILES string of the molecule is CN/C(SC)=C(/C#N)c1nc(-c2ccc(Cl)cc2)no1. The molecule has 0 unspecified atom stereocenters. The number of benzene rings is 1. The van der Waals surface area contributed by atoms with E-state index in [-0.39, 0.29) is 5.89 Å². The van der Waals surface area contributed by atoms with Crippen LogP contribution < -0.4 is 5.32 Å². The minimum absolute atomic E-state index is 0.191. The summed E-state index contributed by atoms with van der Waals surface area (Å²) in [5, 5.41) is 17.4. The molecule has 0 spiro atoms. The molecule has 0 aliphatic heterocycles. The fraction of sp³-hybridized carbons (Fsp3) is 0.154. The van der Waals surface area contributed by atoms with Crippen LogP contribution in [-0.4, -0.2) is 23.4 Å². The quantitative estimate of drug-likeness (QED) is 0.875. The van der Waals surface area contributed by atoms with Gasteiger partial charge in [0.25, 0.3) is 5.89 Å². The molecule has 2 aromatic rings. The summed E-state index contributed by atoms with van der Waals surface area (Å²) in [4.78, 5) is 4.24. The molecule has 0 fully saturated rings. The van der Waals surface area contributed by atoms with Crippen molar-refractivity contribution in [3.63, 3.8) is 0 Å². The molecule has 102 valence electrons. The highest BCUT2D eigenvalue weighted by Gasteiger charge is 2.16. The molecule has 0 bridgehead atoms. The summed E-state index contributed by atoms with van der Waals surface area (Å²) in [6.45, 7) is 0. The van der Waals surface area contributed by atoms with Gasteiger partial charge in [-0.15, -0.1) is 11.8 Å². The van der Waals surface area contributed by atoms with Gasteiger partial charge in [0.05, 0.1) is 5.03 Å². The minimum atomic E-state index is 0.191. The van der Waals surface area contributed by atoms with E-state index in [2.05, 4.69) is 21.5 Å². The van der Waals surface area contributed by atoms with Crippen LogP contribution in [0.25, 0.3) is 17.0 Å². The van der Waals surface area contributed by atoms with E-state index >= 15 is 0 Å². The fourth-order valence-corrected chi connectivity index (χ4v) is 2.23. The standard InChI is InChI=1S/C13H11ClN4OS/c1-16-13(20-2)10(7-15)12-17-11(18-19-12)8-3-5-9(14)6-4-8/h3-6,16H,1-2H3/b13-10+. The van der Waals surface area contributed by atoms with E-state index in [1.165, 1.54) is 11.8 Å². The molecule has 0 aliphatic rings. The molecule has 20 heavy (non-hydrogen) atoms. The third-order valence-electron chi connectivity index (χ3n) is 2.51. The van der Waals surface area contributed by atoms with Gasteiger partial charge in [0.2, 0.25) is 5.82 Å². The lowest BCUT2D eigenvalue weighted by molar-refractivity contribution is 0.409. The highest BCUT2D eigenvalue weighted by molar-refractivity contribution is 8.02. The predicted molar refractivity (Wildman–Crippen MR) is 79.9 cm³/mol. The summed E-state index contributed by atoms with van der Waals surface area (Å²) in [6, 6.07) is 9.15. The van der Waals surface area contributed by atoms with Crippen LogP contribution in [0.5, 0.6) is 0 Å². The van der Waals surface area contributed by atoms with Gasteiger partial charge in [0.1, 0.15) is 11.6 Å². The Balaban J connectivity index is 2.40. The Labute approximate surface area is 125 Å². The molecule has 1 heterocycles. The first-order valence-electron chi connectivity index (χ1n) is 5.65. The van der Waals surface area contributed by atoms with Crippen molar-refractivity contribution in [3.8, 4) is 17.5 Å². The summed E-state index contributed by atoms with van der Waals surface area (Å²) in [5.74, 6) is 0.608. The number of nitriles is 1. The number of rotatable bonds is 4. The van der Waals surface area contributed by atoms with Crippen molar-refractivity contribution in [3.05, 3.63) is 40.2 Å². The molecule has 7 heteroatoms. The molecule has 0 saturated carbocycles. The zero-order chi connectivity index (χ0) is 14.5. The lowest BCUT2D eigenvalue weighted by atomic mass is 10.2. The van der Waals surface area contributed by atoms with Crippen molar-refractivity contribution in [1.82, 2.24) is 15.5 Å². The first-order chi connectivity index (χ1) is 9.69. The molecule has 0 atom stereocenters. The molecule has 0 amide bonds. The summed E-state index contributed by atoms with van der Waals surface area (Å²) >= 11 is 7.24. The van der Waals surface area contributed by atoms with Crippen LogP contribution in [0.2, 0.25) is 5.02 Å². The summed E-state index contributed by atoms with van der Waals surface area (Å²) in [7, 11) is 1.74. The van der Waals surface area contributed by atoms with Gasteiger partial charge in [-0.25, -0.2) is 0 Å². The van der Waals surface area contributed by atoms with Gasteiger partial charge in [-0.05, 0) is 30.5 Å². The van der Waals surface area contributed by atoms with Gasteiger partial charge in [-0.3, -0.25) is 0 Å². The molecular formula is C13H11ClN4OS. The maximum atomic E-state index is 9.22. The fourth-order valence-electron chi connectivity index (χ4n) is 1.57. The number of halogens is 1. The third kappa shape index (κ3) is 2.95. The smallest absolute Gasteiger partial charge is 0.271 e. The zero-order valence-electron chi connectivity index (χ0n) is 10.8. The van der Waals surface area contributed by atoms with Gasteiger partial charge in [-0.1, -0.05) is 16.8 Å². The van der Waals surface area contributed by atoms with Crippen molar-refractivity contribution in [1.29, 1.82) is 5.26 Å². The van der Waals surface area contributed by atoms with E-state index < -0.39 is 0 Å². The van der Waals surface area contributed by atoms with Crippen LogP contribution in [-0.2, 0) is 0 Å². The third-order valence-corrected chi connectivity index (χ3v) is 3.58. The van der Waals surface area contributed by atoms with Crippen molar-refractivity contribution in [2.24, 2.45) is 0 Å². The second kappa shape index (κ2) is 6.46. The van der Waals surface area contributed by atoms with E-state index in [1.54, 1.807) is 31.3 Å². The topological polar surface area (TPSA) is 74.7 Å². The number of nitrogens with zero attached hydrogens (tertiary/aromatic N) is 3. The van der Waals surface area contributed by atoms with Crippen LogP contribution in [0.15, 0.2) is 33.8 Å². The monoisotopic (exact) mass is 306 g/mol. The molecule has 0 radical (unpaired) electrons. The summed E-state index contributed by atoms with van der Waals surface area (Å²) < 4.78 is 5.16. The Morgan fingerprint density at radius 2 is 2.10 bits per heavy atom. The Bertz CT molecular complexity index is 666. The van der Waals surface area contributed by atoms with Gasteiger partial charge < -0.3 is 9.84 Å². The van der Waals surface area contributed by atoms with E-state index in [9.17, 15) is 5.26 Å². The van der Waals surface area contributed by atoms with E-state index in [4.69, 9.17) is 16.1 Å². The van der Waals surface area contributed by atoms with E-state index in [0.29, 0.717) is 21.4 Å².